The molecule has 1 aliphatic rings. The fourth-order valence-electron chi connectivity index (χ4n) is 2.79. The van der Waals surface area contributed by atoms with E-state index in [2.05, 4.69) is 63.8 Å². The van der Waals surface area contributed by atoms with Gasteiger partial charge in [0.25, 0.3) is 0 Å². The van der Waals surface area contributed by atoms with Crippen molar-refractivity contribution in [1.29, 1.82) is 0 Å². The molecule has 3 aromatic rings. The van der Waals surface area contributed by atoms with Crippen LogP contribution in [0.1, 0.15) is 11.3 Å². The summed E-state index contributed by atoms with van der Waals surface area (Å²) in [7, 11) is 0. The van der Waals surface area contributed by atoms with Crippen LogP contribution in [0.15, 0.2) is 53.0 Å². The van der Waals surface area contributed by atoms with E-state index in [-0.39, 0.29) is 0 Å². The molecule has 0 fully saturated rings. The van der Waals surface area contributed by atoms with Gasteiger partial charge in [0, 0.05) is 28.5 Å². The van der Waals surface area contributed by atoms with Gasteiger partial charge in [-0.05, 0) is 48.4 Å². The highest BCUT2D eigenvalue weighted by Crippen LogP contribution is 2.33. The molecule has 0 amide bonds. The lowest BCUT2D eigenvalue weighted by Crippen LogP contribution is -2.03. The molecule has 0 saturated heterocycles. The first-order chi connectivity index (χ1) is 11.2. The van der Waals surface area contributed by atoms with Crippen LogP contribution in [0.5, 0.6) is 11.5 Å². The van der Waals surface area contributed by atoms with Gasteiger partial charge >= 0.3 is 0 Å². The van der Waals surface area contributed by atoms with Gasteiger partial charge in [-0.15, -0.1) is 0 Å². The first kappa shape index (κ1) is 14.4. The van der Waals surface area contributed by atoms with Crippen molar-refractivity contribution in [2.75, 3.05) is 6.79 Å². The van der Waals surface area contributed by atoms with Crippen LogP contribution in [0.2, 0.25) is 0 Å². The molecule has 0 bridgehead atoms. The predicted octanol–water partition coefficient (Wildman–Crippen LogP) is 4.80. The van der Waals surface area contributed by atoms with Crippen molar-refractivity contribution in [3.8, 4) is 22.8 Å². The molecule has 0 N–H and O–H groups in total. The topological polar surface area (TPSA) is 23.4 Å². The number of ether oxygens (including phenoxy) is 2. The molecular weight excluding hydrogens is 354 g/mol. The van der Waals surface area contributed by atoms with Crippen LogP contribution in [0.4, 0.5) is 0 Å². The number of halogens is 1. The van der Waals surface area contributed by atoms with Crippen molar-refractivity contribution < 1.29 is 9.47 Å². The standard InChI is InChI=1S/C19H15BrNO2/c1-13-2-8-17(15-4-6-16(20)7-5-15)21(13)11-14-3-9-18-19(10-14)23-12-22-18/h3-10H,11-12H2,1H3. The molecule has 0 spiro atoms. The lowest BCUT2D eigenvalue weighted by molar-refractivity contribution is 0.174. The third-order valence-electron chi connectivity index (χ3n) is 4.03. The van der Waals surface area contributed by atoms with Crippen LogP contribution in [-0.4, -0.2) is 11.4 Å². The summed E-state index contributed by atoms with van der Waals surface area (Å²) in [4.78, 5) is 0. The van der Waals surface area contributed by atoms with Gasteiger partial charge < -0.3 is 14.0 Å². The molecule has 4 heteroatoms. The number of aryl methyl sites for hydroxylation is 1. The Kier molecular flexibility index (Phi) is 3.62. The first-order valence-corrected chi connectivity index (χ1v) is 8.22. The highest BCUT2D eigenvalue weighted by Gasteiger charge is 2.14. The zero-order chi connectivity index (χ0) is 15.8. The monoisotopic (exact) mass is 368 g/mol. The van der Waals surface area contributed by atoms with E-state index in [0.29, 0.717) is 6.79 Å². The largest absolute Gasteiger partial charge is 0.454 e. The van der Waals surface area contributed by atoms with Crippen LogP contribution in [-0.2, 0) is 6.54 Å². The minimum atomic E-state index is 0.305. The van der Waals surface area contributed by atoms with Crippen molar-refractivity contribution in [2.45, 2.75) is 13.5 Å². The maximum absolute atomic E-state index is 5.47. The van der Waals surface area contributed by atoms with Gasteiger partial charge in [-0.1, -0.05) is 34.1 Å². The van der Waals surface area contributed by atoms with Gasteiger partial charge in [-0.3, -0.25) is 0 Å². The van der Waals surface area contributed by atoms with Gasteiger partial charge in [-0.2, -0.15) is 0 Å². The average Bonchev–Trinajstić information content (AvgIpc) is 3.16. The molecule has 0 aliphatic carbocycles. The minimum Gasteiger partial charge on any atom is -0.454 e. The zero-order valence-electron chi connectivity index (χ0n) is 12.7. The van der Waals surface area contributed by atoms with Gasteiger partial charge in [-0.25, -0.2) is 0 Å². The van der Waals surface area contributed by atoms with Crippen molar-refractivity contribution in [3.05, 3.63) is 70.3 Å². The third kappa shape index (κ3) is 2.75. The van der Waals surface area contributed by atoms with Gasteiger partial charge in [0.2, 0.25) is 6.79 Å². The van der Waals surface area contributed by atoms with Crippen LogP contribution < -0.4 is 9.47 Å². The summed E-state index contributed by atoms with van der Waals surface area (Å²) in [6.07, 6.45) is 0. The quantitative estimate of drug-likeness (QED) is 0.662. The number of benzene rings is 2. The normalized spacial score (nSPS) is 12.6. The number of fused-ring (bicyclic) bond motifs is 1. The van der Waals surface area contributed by atoms with E-state index >= 15 is 0 Å². The Hall–Kier alpha value is -2.20. The Balaban J connectivity index is 1.69. The van der Waals surface area contributed by atoms with E-state index in [0.717, 1.165) is 33.9 Å². The highest BCUT2D eigenvalue weighted by molar-refractivity contribution is 9.10. The van der Waals surface area contributed by atoms with Crippen molar-refractivity contribution in [2.24, 2.45) is 0 Å². The summed E-state index contributed by atoms with van der Waals surface area (Å²) in [6, 6.07) is 19.8. The summed E-state index contributed by atoms with van der Waals surface area (Å²) in [5.74, 6) is 1.64. The Morgan fingerprint density at radius 2 is 1.87 bits per heavy atom. The Bertz CT molecular complexity index is 852. The van der Waals surface area contributed by atoms with Crippen LogP contribution >= 0.6 is 15.9 Å². The second kappa shape index (κ2) is 5.78. The minimum absolute atomic E-state index is 0.305. The van der Waals surface area contributed by atoms with Crippen LogP contribution in [0, 0.1) is 13.0 Å². The maximum atomic E-state index is 5.47. The van der Waals surface area contributed by atoms with E-state index in [9.17, 15) is 0 Å². The smallest absolute Gasteiger partial charge is 0.231 e. The number of rotatable bonds is 3. The molecule has 115 valence electrons. The molecule has 0 saturated carbocycles. The molecule has 1 aliphatic heterocycles. The summed E-state index contributed by atoms with van der Waals surface area (Å²) in [6.45, 7) is 3.16. The molecule has 2 aromatic carbocycles. The molecule has 0 atom stereocenters. The van der Waals surface area contributed by atoms with E-state index in [1.54, 1.807) is 0 Å². The summed E-state index contributed by atoms with van der Waals surface area (Å²) in [5.41, 5.74) is 4.63. The predicted molar refractivity (Wildman–Crippen MR) is 92.8 cm³/mol. The molecule has 2 heterocycles. The van der Waals surface area contributed by atoms with Crippen LogP contribution in [0.3, 0.4) is 0 Å². The molecule has 3 nitrogen and oxygen atoms in total. The van der Waals surface area contributed by atoms with Crippen molar-refractivity contribution in [3.63, 3.8) is 0 Å². The summed E-state index contributed by atoms with van der Waals surface area (Å²) >= 11 is 3.48. The van der Waals surface area contributed by atoms with Crippen molar-refractivity contribution in [1.82, 2.24) is 4.57 Å². The highest BCUT2D eigenvalue weighted by atomic mass is 79.9. The fourth-order valence-corrected chi connectivity index (χ4v) is 3.06. The molecular formula is C19H15BrNO2. The summed E-state index contributed by atoms with van der Waals surface area (Å²) in [5, 5.41) is 0. The zero-order valence-corrected chi connectivity index (χ0v) is 14.3. The lowest BCUT2D eigenvalue weighted by Gasteiger charge is -2.12. The number of hydrogen-bond donors (Lipinski definition) is 0. The Labute approximate surface area is 143 Å². The molecule has 4 rings (SSSR count). The Morgan fingerprint density at radius 1 is 1.09 bits per heavy atom. The van der Waals surface area contributed by atoms with E-state index < -0.39 is 0 Å². The maximum Gasteiger partial charge on any atom is 0.231 e. The summed E-state index contributed by atoms with van der Waals surface area (Å²) < 4.78 is 14.2. The van der Waals surface area contributed by atoms with Gasteiger partial charge in [0.05, 0.1) is 0 Å². The lowest BCUT2D eigenvalue weighted by atomic mass is 10.1. The number of hydrogen-bond acceptors (Lipinski definition) is 2. The first-order valence-electron chi connectivity index (χ1n) is 7.43. The third-order valence-corrected chi connectivity index (χ3v) is 4.56. The Morgan fingerprint density at radius 3 is 2.70 bits per heavy atom. The number of aromatic nitrogens is 1. The van der Waals surface area contributed by atoms with Crippen LogP contribution in [0.25, 0.3) is 11.3 Å². The van der Waals surface area contributed by atoms with E-state index in [1.165, 1.54) is 11.1 Å². The van der Waals surface area contributed by atoms with Crippen molar-refractivity contribution >= 4 is 15.9 Å². The SMILES string of the molecule is Cc1[c]cc(-c2ccc(Br)cc2)n1Cc1ccc2c(c1)OCO2. The molecule has 23 heavy (non-hydrogen) atoms. The van der Waals surface area contributed by atoms with E-state index in [1.807, 2.05) is 18.2 Å². The van der Waals surface area contributed by atoms with Gasteiger partial charge in [0.1, 0.15) is 0 Å². The molecule has 1 aromatic heterocycles. The van der Waals surface area contributed by atoms with Gasteiger partial charge in [0.15, 0.2) is 11.5 Å². The number of nitrogens with zero attached hydrogens (tertiary/aromatic N) is 1. The average molecular weight is 369 g/mol. The molecule has 1 radical (unpaired) electrons. The molecule has 0 unspecified atom stereocenters. The fraction of sp³-hybridized carbons (Fsp3) is 0.158. The second-order valence-corrected chi connectivity index (χ2v) is 6.46. The second-order valence-electron chi connectivity index (χ2n) is 5.54. The van der Waals surface area contributed by atoms with E-state index in [4.69, 9.17) is 9.47 Å².